The van der Waals surface area contributed by atoms with Crippen molar-refractivity contribution < 1.29 is 4.79 Å². The number of benzene rings is 2. The number of halogens is 1. The van der Waals surface area contributed by atoms with E-state index in [9.17, 15) is 14.4 Å². The molecule has 7 nitrogen and oxygen atoms in total. The Morgan fingerprint density at radius 3 is 2.68 bits per heavy atom. The summed E-state index contributed by atoms with van der Waals surface area (Å²) < 4.78 is 1.08. The van der Waals surface area contributed by atoms with Gasteiger partial charge in [0.05, 0.1) is 10.9 Å². The second-order valence-corrected chi connectivity index (χ2v) is 5.88. The summed E-state index contributed by atoms with van der Waals surface area (Å²) in [7, 11) is 0. The first-order valence-electron chi connectivity index (χ1n) is 7.37. The van der Waals surface area contributed by atoms with E-state index in [0.29, 0.717) is 21.5 Å². The number of nitrogens with one attached hydrogen (secondary N) is 3. The van der Waals surface area contributed by atoms with Gasteiger partial charge >= 0.3 is 0 Å². The van der Waals surface area contributed by atoms with Crippen molar-refractivity contribution in [3.05, 3.63) is 79.8 Å². The predicted octanol–water partition coefficient (Wildman–Crippen LogP) is 2.37. The van der Waals surface area contributed by atoms with Crippen LogP contribution in [0.3, 0.4) is 0 Å². The lowest BCUT2D eigenvalue weighted by atomic mass is 10.2. The van der Waals surface area contributed by atoms with Crippen LogP contribution in [0.5, 0.6) is 0 Å². The smallest absolute Gasteiger partial charge is 0.290 e. The van der Waals surface area contributed by atoms with Crippen molar-refractivity contribution in [1.29, 1.82) is 0 Å². The van der Waals surface area contributed by atoms with Gasteiger partial charge in [0.1, 0.15) is 0 Å². The van der Waals surface area contributed by atoms with Gasteiger partial charge in [0.25, 0.3) is 17.0 Å². The number of hydrogen-bond acceptors (Lipinski definition) is 3. The number of fused-ring (bicyclic) bond motifs is 2. The second-order valence-electron chi connectivity index (χ2n) is 5.44. The van der Waals surface area contributed by atoms with Crippen molar-refractivity contribution in [2.45, 2.75) is 0 Å². The summed E-state index contributed by atoms with van der Waals surface area (Å²) >= 11 is 5.88. The maximum atomic E-state index is 12.5. The number of anilines is 1. The van der Waals surface area contributed by atoms with Crippen molar-refractivity contribution in [2.75, 3.05) is 5.32 Å². The number of H-pyrrole nitrogens is 2. The number of para-hydroxylation sites is 1. The number of aromatic nitrogens is 3. The fourth-order valence-corrected chi connectivity index (χ4v) is 2.85. The van der Waals surface area contributed by atoms with E-state index in [1.807, 2.05) is 0 Å². The molecule has 0 aliphatic rings. The van der Waals surface area contributed by atoms with Crippen molar-refractivity contribution in [3.8, 4) is 0 Å². The van der Waals surface area contributed by atoms with E-state index in [-0.39, 0.29) is 16.9 Å². The highest BCUT2D eigenvalue weighted by atomic mass is 35.5. The van der Waals surface area contributed by atoms with Crippen LogP contribution in [-0.2, 0) is 0 Å². The molecule has 2 heterocycles. The van der Waals surface area contributed by atoms with E-state index < -0.39 is 11.5 Å². The molecule has 8 heteroatoms. The van der Waals surface area contributed by atoms with Gasteiger partial charge in [-0.05, 0) is 30.3 Å². The molecular weight excluding hydrogens is 344 g/mol. The molecule has 0 unspecified atom stereocenters. The van der Waals surface area contributed by atoms with Gasteiger partial charge < -0.3 is 10.3 Å². The Kier molecular flexibility index (Phi) is 3.43. The highest BCUT2D eigenvalue weighted by Crippen LogP contribution is 2.15. The molecule has 0 spiro atoms. The van der Waals surface area contributed by atoms with E-state index in [1.165, 1.54) is 6.07 Å². The molecule has 0 bridgehead atoms. The van der Waals surface area contributed by atoms with Gasteiger partial charge in [0.2, 0.25) is 0 Å². The molecule has 0 aliphatic heterocycles. The van der Waals surface area contributed by atoms with E-state index in [1.54, 1.807) is 42.5 Å². The number of aromatic amines is 2. The van der Waals surface area contributed by atoms with Crippen molar-refractivity contribution in [1.82, 2.24) is 14.6 Å². The summed E-state index contributed by atoms with van der Waals surface area (Å²) in [5, 5.41) is 5.80. The molecule has 0 aliphatic carbocycles. The third-order valence-electron chi connectivity index (χ3n) is 3.84. The molecule has 0 saturated carbocycles. The van der Waals surface area contributed by atoms with Crippen molar-refractivity contribution >= 4 is 39.7 Å². The van der Waals surface area contributed by atoms with Gasteiger partial charge in [-0.1, -0.05) is 29.8 Å². The molecule has 4 aromatic rings. The van der Waals surface area contributed by atoms with E-state index in [2.05, 4.69) is 15.4 Å². The van der Waals surface area contributed by atoms with Gasteiger partial charge in [0.15, 0.2) is 11.3 Å². The molecule has 25 heavy (non-hydrogen) atoms. The summed E-state index contributed by atoms with van der Waals surface area (Å²) in [4.78, 5) is 40.1. The minimum absolute atomic E-state index is 0.0344. The van der Waals surface area contributed by atoms with Crippen LogP contribution in [0.2, 0.25) is 5.02 Å². The quantitative estimate of drug-likeness (QED) is 0.515. The fourth-order valence-electron chi connectivity index (χ4n) is 2.66. The Morgan fingerprint density at radius 2 is 1.88 bits per heavy atom. The molecule has 0 saturated heterocycles. The summed E-state index contributed by atoms with van der Waals surface area (Å²) in [6, 6.07) is 13.2. The minimum Gasteiger partial charge on any atom is -0.338 e. The zero-order chi connectivity index (χ0) is 17.6. The third-order valence-corrected chi connectivity index (χ3v) is 4.07. The van der Waals surface area contributed by atoms with Gasteiger partial charge in [-0.15, -0.1) is 0 Å². The van der Waals surface area contributed by atoms with Gasteiger partial charge in [-0.2, -0.15) is 4.52 Å². The summed E-state index contributed by atoms with van der Waals surface area (Å²) in [5.74, 6) is -0.505. The highest BCUT2D eigenvalue weighted by molar-refractivity contribution is 6.31. The summed E-state index contributed by atoms with van der Waals surface area (Å²) in [5.41, 5.74) is 0.0415. The number of amides is 1. The van der Waals surface area contributed by atoms with Crippen LogP contribution in [0.4, 0.5) is 5.69 Å². The van der Waals surface area contributed by atoms with Gasteiger partial charge in [-0.25, -0.2) is 0 Å². The maximum Gasteiger partial charge on any atom is 0.290 e. The number of carbonyl (C=O) groups is 1. The Balaban J connectivity index is 1.87. The van der Waals surface area contributed by atoms with Crippen LogP contribution in [-0.4, -0.2) is 20.5 Å². The van der Waals surface area contributed by atoms with Crippen LogP contribution in [0, 0.1) is 0 Å². The Bertz CT molecular complexity index is 1250. The zero-order valence-corrected chi connectivity index (χ0v) is 13.4. The molecule has 1 amide bonds. The Hall–Kier alpha value is -3.32. The first kappa shape index (κ1) is 15.2. The topological polar surface area (TPSA) is 99.2 Å². The number of nitrogens with zero attached hydrogens (tertiary/aromatic N) is 1. The Labute approximate surface area is 144 Å². The lowest BCUT2D eigenvalue weighted by Gasteiger charge is -2.04. The monoisotopic (exact) mass is 354 g/mol. The predicted molar refractivity (Wildman–Crippen MR) is 95.5 cm³/mol. The van der Waals surface area contributed by atoms with E-state index in [0.717, 1.165) is 4.52 Å². The normalized spacial score (nSPS) is 11.1. The average molecular weight is 355 g/mol. The SMILES string of the molecule is O=C(Nc1c(=O)[nH]n2c(=O)c3ccccc3[nH]c12)c1cccc(Cl)c1. The lowest BCUT2D eigenvalue weighted by molar-refractivity contribution is 0.102. The number of carbonyl (C=O) groups excluding carboxylic acids is 1. The molecule has 0 radical (unpaired) electrons. The fraction of sp³-hybridized carbons (Fsp3) is 0. The summed E-state index contributed by atoms with van der Waals surface area (Å²) in [6.45, 7) is 0. The second kappa shape index (κ2) is 5.64. The van der Waals surface area contributed by atoms with Crippen LogP contribution in [0.15, 0.2) is 58.1 Å². The van der Waals surface area contributed by atoms with Gasteiger partial charge in [-0.3, -0.25) is 19.5 Å². The van der Waals surface area contributed by atoms with E-state index in [4.69, 9.17) is 11.6 Å². The molecule has 2 aromatic carbocycles. The minimum atomic E-state index is -0.584. The molecule has 2 aromatic heterocycles. The molecular formula is C17H11ClN4O3. The molecule has 4 rings (SSSR count). The van der Waals surface area contributed by atoms with Crippen LogP contribution < -0.4 is 16.4 Å². The van der Waals surface area contributed by atoms with E-state index >= 15 is 0 Å². The Morgan fingerprint density at radius 1 is 1.08 bits per heavy atom. The van der Waals surface area contributed by atoms with Crippen molar-refractivity contribution in [3.63, 3.8) is 0 Å². The zero-order valence-electron chi connectivity index (χ0n) is 12.7. The van der Waals surface area contributed by atoms with Crippen LogP contribution >= 0.6 is 11.6 Å². The maximum absolute atomic E-state index is 12.5. The van der Waals surface area contributed by atoms with Crippen LogP contribution in [0.1, 0.15) is 10.4 Å². The van der Waals surface area contributed by atoms with Gasteiger partial charge in [0, 0.05) is 10.6 Å². The third kappa shape index (κ3) is 2.50. The lowest BCUT2D eigenvalue weighted by Crippen LogP contribution is -2.17. The first-order valence-corrected chi connectivity index (χ1v) is 7.75. The molecule has 124 valence electrons. The molecule has 3 N–H and O–H groups in total. The largest absolute Gasteiger partial charge is 0.338 e. The van der Waals surface area contributed by atoms with Crippen molar-refractivity contribution in [2.24, 2.45) is 0 Å². The number of rotatable bonds is 2. The standard InChI is InChI=1S/C17H11ClN4O3/c18-10-5-3-4-9(8-10)15(23)20-13-14-19-12-7-2-1-6-11(12)17(25)22(14)21-16(13)24/h1-8,19H,(H,20,23)(H,21,24). The molecule has 0 atom stereocenters. The average Bonchev–Trinajstić information content (AvgIpc) is 2.91. The summed E-state index contributed by atoms with van der Waals surface area (Å²) in [6.07, 6.45) is 0. The molecule has 0 fully saturated rings. The first-order chi connectivity index (χ1) is 12.0. The number of hydrogen-bond donors (Lipinski definition) is 3. The van der Waals surface area contributed by atoms with Crippen LogP contribution in [0.25, 0.3) is 16.6 Å². The highest BCUT2D eigenvalue weighted by Gasteiger charge is 2.17.